The summed E-state index contributed by atoms with van der Waals surface area (Å²) in [5, 5.41) is 2.86. The van der Waals surface area contributed by atoms with Crippen molar-refractivity contribution in [3.63, 3.8) is 0 Å². The summed E-state index contributed by atoms with van der Waals surface area (Å²) in [6.45, 7) is 3.72. The summed E-state index contributed by atoms with van der Waals surface area (Å²) in [6, 6.07) is 7.49. The van der Waals surface area contributed by atoms with E-state index >= 15 is 0 Å². The largest absolute Gasteiger partial charge is 0.477 e. The minimum Gasteiger partial charge on any atom is -0.477 e. The molecule has 1 heterocycles. The molecule has 0 amide bonds. The number of halogens is 3. The molecule has 0 aliphatic heterocycles. The van der Waals surface area contributed by atoms with Crippen LogP contribution in [0.25, 0.3) is 0 Å². The highest BCUT2D eigenvalue weighted by molar-refractivity contribution is 5.54. The average molecular weight is 311 g/mol. The van der Waals surface area contributed by atoms with Gasteiger partial charge in [0.1, 0.15) is 5.56 Å². The van der Waals surface area contributed by atoms with Crippen LogP contribution in [0.5, 0.6) is 5.88 Å². The third-order valence-corrected chi connectivity index (χ3v) is 2.96. The third-order valence-electron chi connectivity index (χ3n) is 2.96. The fraction of sp³-hybridized carbons (Fsp3) is 0.333. The Morgan fingerprint density at radius 1 is 1.14 bits per heavy atom. The molecule has 22 heavy (non-hydrogen) atoms. The number of rotatable bonds is 5. The Morgan fingerprint density at radius 2 is 1.82 bits per heavy atom. The zero-order chi connectivity index (χ0) is 16.2. The average Bonchev–Trinajstić information content (AvgIpc) is 2.47. The second-order valence-electron chi connectivity index (χ2n) is 4.52. The number of benzene rings is 1. The topological polar surface area (TPSA) is 47.0 Å². The molecule has 0 saturated heterocycles. The number of aromatic nitrogens is 2. The van der Waals surface area contributed by atoms with Gasteiger partial charge in [-0.25, -0.2) is 4.98 Å². The number of alkyl halides is 3. The zero-order valence-corrected chi connectivity index (χ0v) is 12.2. The molecule has 0 fully saturated rings. The van der Waals surface area contributed by atoms with E-state index in [0.717, 1.165) is 18.2 Å². The highest BCUT2D eigenvalue weighted by Gasteiger charge is 2.36. The molecular weight excluding hydrogens is 295 g/mol. The lowest BCUT2D eigenvalue weighted by atomic mass is 10.1. The molecule has 0 spiro atoms. The molecule has 0 atom stereocenters. The number of anilines is 2. The van der Waals surface area contributed by atoms with Crippen molar-refractivity contribution in [3.05, 3.63) is 41.6 Å². The maximum Gasteiger partial charge on any atom is 0.423 e. The fourth-order valence-electron chi connectivity index (χ4n) is 1.82. The highest BCUT2D eigenvalue weighted by Crippen LogP contribution is 2.35. The monoisotopic (exact) mass is 311 g/mol. The van der Waals surface area contributed by atoms with Gasteiger partial charge in [0.25, 0.3) is 0 Å². The first-order valence-electron chi connectivity index (χ1n) is 6.87. The zero-order valence-electron chi connectivity index (χ0n) is 12.2. The van der Waals surface area contributed by atoms with Crippen molar-refractivity contribution >= 4 is 11.6 Å². The molecular formula is C15H16F3N3O. The van der Waals surface area contributed by atoms with Crippen LogP contribution in [-0.2, 0) is 12.6 Å². The summed E-state index contributed by atoms with van der Waals surface area (Å²) < 4.78 is 43.5. The lowest BCUT2D eigenvalue weighted by Crippen LogP contribution is -2.12. The van der Waals surface area contributed by atoms with Crippen LogP contribution in [0.3, 0.4) is 0 Å². The summed E-state index contributed by atoms with van der Waals surface area (Å²) >= 11 is 0. The molecule has 1 aromatic heterocycles. The quantitative estimate of drug-likeness (QED) is 0.899. The van der Waals surface area contributed by atoms with Crippen molar-refractivity contribution in [1.82, 2.24) is 9.97 Å². The van der Waals surface area contributed by atoms with Gasteiger partial charge in [0.15, 0.2) is 0 Å². The Bertz CT molecular complexity index is 627. The van der Waals surface area contributed by atoms with Gasteiger partial charge in [-0.2, -0.15) is 18.2 Å². The van der Waals surface area contributed by atoms with Gasteiger partial charge in [-0.1, -0.05) is 19.1 Å². The smallest absolute Gasteiger partial charge is 0.423 e. The molecule has 7 heteroatoms. The van der Waals surface area contributed by atoms with Crippen LogP contribution in [0, 0.1) is 0 Å². The lowest BCUT2D eigenvalue weighted by Gasteiger charge is -2.13. The van der Waals surface area contributed by atoms with Crippen LogP contribution in [0.1, 0.15) is 25.0 Å². The summed E-state index contributed by atoms with van der Waals surface area (Å²) in [4.78, 5) is 7.51. The summed E-state index contributed by atoms with van der Waals surface area (Å²) in [7, 11) is 0. The van der Waals surface area contributed by atoms with Gasteiger partial charge in [0.05, 0.1) is 6.61 Å². The molecule has 4 nitrogen and oxygen atoms in total. The predicted octanol–water partition coefficient (Wildman–Crippen LogP) is 4.20. The van der Waals surface area contributed by atoms with E-state index in [1.807, 2.05) is 31.2 Å². The molecule has 0 aliphatic rings. The predicted molar refractivity (Wildman–Crippen MR) is 77.3 cm³/mol. The maximum atomic E-state index is 12.8. The summed E-state index contributed by atoms with van der Waals surface area (Å²) in [6.07, 6.45) is -2.92. The van der Waals surface area contributed by atoms with Gasteiger partial charge >= 0.3 is 6.18 Å². The van der Waals surface area contributed by atoms with E-state index in [1.165, 1.54) is 0 Å². The molecule has 0 saturated carbocycles. The molecule has 1 aromatic carbocycles. The first kappa shape index (κ1) is 16.1. The van der Waals surface area contributed by atoms with Crippen LogP contribution in [0.15, 0.2) is 30.5 Å². The van der Waals surface area contributed by atoms with Crippen LogP contribution in [0.2, 0.25) is 0 Å². The highest BCUT2D eigenvalue weighted by atomic mass is 19.4. The van der Waals surface area contributed by atoms with Gasteiger partial charge in [-0.3, -0.25) is 0 Å². The number of nitrogens with zero attached hydrogens (tertiary/aromatic N) is 2. The van der Waals surface area contributed by atoms with Gasteiger partial charge in [0.2, 0.25) is 11.8 Å². The fourth-order valence-corrected chi connectivity index (χ4v) is 1.82. The summed E-state index contributed by atoms with van der Waals surface area (Å²) in [5.41, 5.74) is 0.870. The van der Waals surface area contributed by atoms with E-state index in [4.69, 9.17) is 4.74 Å². The Kier molecular flexibility index (Phi) is 4.85. The molecule has 2 aromatic rings. The number of hydrogen-bond donors (Lipinski definition) is 1. The second kappa shape index (κ2) is 6.64. The molecule has 0 bridgehead atoms. The number of aryl methyl sites for hydroxylation is 1. The first-order valence-corrected chi connectivity index (χ1v) is 6.87. The lowest BCUT2D eigenvalue weighted by molar-refractivity contribution is -0.139. The van der Waals surface area contributed by atoms with E-state index in [1.54, 1.807) is 6.92 Å². The van der Waals surface area contributed by atoms with Gasteiger partial charge in [-0.05, 0) is 31.0 Å². The molecule has 0 unspecified atom stereocenters. The van der Waals surface area contributed by atoms with Crippen LogP contribution >= 0.6 is 0 Å². The van der Waals surface area contributed by atoms with Crippen molar-refractivity contribution in [2.24, 2.45) is 0 Å². The summed E-state index contributed by atoms with van der Waals surface area (Å²) in [5.74, 6) is -0.418. The number of nitrogens with one attached hydrogen (secondary N) is 1. The normalized spacial score (nSPS) is 11.3. The van der Waals surface area contributed by atoms with E-state index in [2.05, 4.69) is 15.3 Å². The van der Waals surface area contributed by atoms with Crippen LogP contribution in [-0.4, -0.2) is 16.6 Å². The minimum atomic E-state index is -4.55. The van der Waals surface area contributed by atoms with Crippen molar-refractivity contribution < 1.29 is 17.9 Å². The molecule has 0 radical (unpaired) electrons. The first-order chi connectivity index (χ1) is 10.4. The number of ether oxygens (including phenoxy) is 1. The molecule has 2 rings (SSSR count). The van der Waals surface area contributed by atoms with Gasteiger partial charge in [-0.15, -0.1) is 0 Å². The number of hydrogen-bond acceptors (Lipinski definition) is 4. The van der Waals surface area contributed by atoms with Gasteiger partial charge < -0.3 is 10.1 Å². The second-order valence-corrected chi connectivity index (χ2v) is 4.52. The van der Waals surface area contributed by atoms with Crippen molar-refractivity contribution in [3.8, 4) is 5.88 Å². The van der Waals surface area contributed by atoms with Crippen molar-refractivity contribution in [2.45, 2.75) is 26.4 Å². The van der Waals surface area contributed by atoms with E-state index in [0.29, 0.717) is 5.69 Å². The van der Waals surface area contributed by atoms with Crippen LogP contribution in [0.4, 0.5) is 24.8 Å². The van der Waals surface area contributed by atoms with E-state index in [9.17, 15) is 13.2 Å². The molecule has 118 valence electrons. The maximum absolute atomic E-state index is 12.8. The molecule has 0 aliphatic carbocycles. The molecule has 1 N–H and O–H groups in total. The Hall–Kier alpha value is -2.31. The minimum absolute atomic E-state index is 0.0562. The Balaban J connectivity index is 2.25. The Morgan fingerprint density at radius 3 is 2.36 bits per heavy atom. The standard InChI is InChI=1S/C15H16F3N3O/c1-3-10-5-7-11(8-6-10)20-14-19-9-12(15(16,17)18)13(21-14)22-4-2/h5-9H,3-4H2,1-2H3,(H,19,20,21). The SMILES string of the molecule is CCOc1nc(Nc2ccc(CC)cc2)ncc1C(F)(F)F. The van der Waals surface area contributed by atoms with Crippen molar-refractivity contribution in [2.75, 3.05) is 11.9 Å². The van der Waals surface area contributed by atoms with Crippen LogP contribution < -0.4 is 10.1 Å². The van der Waals surface area contributed by atoms with Crippen molar-refractivity contribution in [1.29, 1.82) is 0 Å². The van der Waals surface area contributed by atoms with E-state index < -0.39 is 17.6 Å². The Labute approximate surface area is 126 Å². The third kappa shape index (κ3) is 3.87. The van der Waals surface area contributed by atoms with Gasteiger partial charge in [0, 0.05) is 11.9 Å². The van der Waals surface area contributed by atoms with E-state index in [-0.39, 0.29) is 12.6 Å².